The first-order valence-electron chi connectivity index (χ1n) is 6.33. The average Bonchev–Trinajstić information content (AvgIpc) is 2.70. The van der Waals surface area contributed by atoms with Crippen LogP contribution < -0.4 is 0 Å². The summed E-state index contributed by atoms with van der Waals surface area (Å²) in [5.41, 5.74) is 0.453. The monoisotopic (exact) mass is 238 g/mol. The molecule has 96 valence electrons. The van der Waals surface area contributed by atoms with Gasteiger partial charge in [-0.1, -0.05) is 6.58 Å². The molecule has 1 heterocycles. The van der Waals surface area contributed by atoms with E-state index in [-0.39, 0.29) is 17.7 Å². The van der Waals surface area contributed by atoms with Crippen LogP contribution >= 0.6 is 0 Å². The van der Waals surface area contributed by atoms with Crippen molar-refractivity contribution in [3.05, 3.63) is 12.2 Å². The van der Waals surface area contributed by atoms with E-state index in [0.717, 1.165) is 13.0 Å². The topological polar surface area (TPSA) is 40.6 Å². The van der Waals surface area contributed by atoms with E-state index in [2.05, 4.69) is 6.58 Å². The summed E-state index contributed by atoms with van der Waals surface area (Å²) < 4.78 is 0. The minimum Gasteiger partial charge on any atom is -0.342 e. The summed E-state index contributed by atoms with van der Waals surface area (Å²) in [5, 5.41) is 0. The number of nitrogens with zero attached hydrogens (tertiary/aromatic N) is 2. The maximum Gasteiger partial charge on any atom is 0.249 e. The maximum atomic E-state index is 12.1. The molecular weight excluding hydrogens is 216 g/mol. The Bertz CT molecular complexity index is 321. The first kappa shape index (κ1) is 13.7. The smallest absolute Gasteiger partial charge is 0.249 e. The van der Waals surface area contributed by atoms with Crippen LogP contribution in [0, 0.1) is 5.92 Å². The van der Waals surface area contributed by atoms with Gasteiger partial charge in [0.25, 0.3) is 0 Å². The lowest BCUT2D eigenvalue weighted by Crippen LogP contribution is -2.35. The van der Waals surface area contributed by atoms with Crippen LogP contribution in [0.4, 0.5) is 0 Å². The fraction of sp³-hybridized carbons (Fsp3) is 0.692. The number of likely N-dealkylation sites (tertiary alicyclic amines) is 1. The Hall–Kier alpha value is -1.32. The fourth-order valence-corrected chi connectivity index (χ4v) is 2.24. The number of carbonyl (C=O) groups excluding carboxylic acids is 2. The predicted octanol–water partition coefficient (Wildman–Crippen LogP) is 1.28. The first-order chi connectivity index (χ1) is 8.06. The summed E-state index contributed by atoms with van der Waals surface area (Å²) >= 11 is 0. The lowest BCUT2D eigenvalue weighted by Gasteiger charge is -2.22. The highest BCUT2D eigenvalue weighted by Gasteiger charge is 2.35. The molecule has 0 aromatic rings. The van der Waals surface area contributed by atoms with Crippen LogP contribution in [0.5, 0.6) is 0 Å². The van der Waals surface area contributed by atoms with Gasteiger partial charge in [-0.15, -0.1) is 0 Å². The highest BCUT2D eigenvalue weighted by molar-refractivity contribution is 6.00. The zero-order valence-electron chi connectivity index (χ0n) is 11.0. The molecule has 0 aromatic heterocycles. The van der Waals surface area contributed by atoms with E-state index in [1.807, 2.05) is 20.8 Å². The molecule has 17 heavy (non-hydrogen) atoms. The van der Waals surface area contributed by atoms with E-state index >= 15 is 0 Å². The summed E-state index contributed by atoms with van der Waals surface area (Å²) in [4.78, 5) is 27.6. The molecular formula is C13H22N2O2. The molecule has 1 fully saturated rings. The molecule has 0 N–H and O–H groups in total. The Morgan fingerprint density at radius 2 is 2.00 bits per heavy atom. The summed E-state index contributed by atoms with van der Waals surface area (Å²) in [6.07, 6.45) is 0.721. The van der Waals surface area contributed by atoms with Crippen LogP contribution in [-0.2, 0) is 9.59 Å². The van der Waals surface area contributed by atoms with E-state index in [1.54, 1.807) is 9.80 Å². The molecule has 0 aliphatic carbocycles. The van der Waals surface area contributed by atoms with Gasteiger partial charge in [-0.25, -0.2) is 0 Å². The van der Waals surface area contributed by atoms with Gasteiger partial charge < -0.3 is 9.80 Å². The largest absolute Gasteiger partial charge is 0.342 e. The molecule has 0 saturated carbocycles. The lowest BCUT2D eigenvalue weighted by molar-refractivity contribution is -0.133. The van der Waals surface area contributed by atoms with E-state index in [0.29, 0.717) is 25.2 Å². The van der Waals surface area contributed by atoms with Crippen molar-refractivity contribution < 1.29 is 9.59 Å². The Morgan fingerprint density at radius 3 is 2.41 bits per heavy atom. The van der Waals surface area contributed by atoms with Gasteiger partial charge in [0.2, 0.25) is 11.8 Å². The second-order valence-electron chi connectivity index (χ2n) is 4.26. The third kappa shape index (κ3) is 2.68. The summed E-state index contributed by atoms with van der Waals surface area (Å²) in [7, 11) is 0. The second-order valence-corrected chi connectivity index (χ2v) is 4.26. The van der Waals surface area contributed by atoms with Crippen molar-refractivity contribution in [2.24, 2.45) is 5.92 Å². The van der Waals surface area contributed by atoms with Crippen molar-refractivity contribution >= 4 is 11.8 Å². The maximum absolute atomic E-state index is 12.1. The normalized spacial score (nSPS) is 19.6. The average molecular weight is 238 g/mol. The predicted molar refractivity (Wildman–Crippen MR) is 67.4 cm³/mol. The number of amides is 2. The quantitative estimate of drug-likeness (QED) is 0.677. The molecule has 0 bridgehead atoms. The minimum atomic E-state index is -0.303. The molecule has 4 nitrogen and oxygen atoms in total. The van der Waals surface area contributed by atoms with Crippen molar-refractivity contribution in [3.8, 4) is 0 Å². The summed E-state index contributed by atoms with van der Waals surface area (Å²) in [6.45, 7) is 12.4. The van der Waals surface area contributed by atoms with Crippen LogP contribution in [0.25, 0.3) is 0 Å². The van der Waals surface area contributed by atoms with Gasteiger partial charge in [-0.05, 0) is 27.2 Å². The first-order valence-corrected chi connectivity index (χ1v) is 6.33. The van der Waals surface area contributed by atoms with Crippen molar-refractivity contribution in [2.45, 2.75) is 27.2 Å². The molecule has 0 radical (unpaired) electrons. The Kier molecular flexibility index (Phi) is 4.73. The van der Waals surface area contributed by atoms with Crippen molar-refractivity contribution in [1.82, 2.24) is 9.80 Å². The molecule has 1 saturated heterocycles. The Morgan fingerprint density at radius 1 is 1.41 bits per heavy atom. The van der Waals surface area contributed by atoms with E-state index in [1.165, 1.54) is 0 Å². The summed E-state index contributed by atoms with van der Waals surface area (Å²) in [5.74, 6) is -0.327. The van der Waals surface area contributed by atoms with Gasteiger partial charge in [-0.2, -0.15) is 0 Å². The number of hydrogen-bond donors (Lipinski definition) is 0. The minimum absolute atomic E-state index is 0.0537. The third-order valence-corrected chi connectivity index (χ3v) is 3.43. The molecule has 0 spiro atoms. The standard InChI is InChI=1S/C13H22N2O2/c1-5-14(6-2)12(16)10(4)11-8-9-15(7-3)13(11)17/h11H,4-9H2,1-3H3. The number of hydrogen-bond acceptors (Lipinski definition) is 2. The van der Waals surface area contributed by atoms with Crippen LogP contribution in [0.2, 0.25) is 0 Å². The third-order valence-electron chi connectivity index (χ3n) is 3.43. The highest BCUT2D eigenvalue weighted by Crippen LogP contribution is 2.25. The molecule has 4 heteroatoms. The van der Waals surface area contributed by atoms with E-state index in [4.69, 9.17) is 0 Å². The van der Waals surface area contributed by atoms with Crippen LogP contribution in [0.1, 0.15) is 27.2 Å². The Balaban J connectivity index is 2.71. The van der Waals surface area contributed by atoms with Crippen LogP contribution in [-0.4, -0.2) is 47.8 Å². The number of rotatable bonds is 5. The number of likely N-dealkylation sites (N-methyl/N-ethyl adjacent to an activating group) is 1. The van der Waals surface area contributed by atoms with Gasteiger partial charge in [0.1, 0.15) is 0 Å². The molecule has 1 aliphatic rings. The number of carbonyl (C=O) groups is 2. The molecule has 1 aliphatic heterocycles. The van der Waals surface area contributed by atoms with Gasteiger partial charge >= 0.3 is 0 Å². The molecule has 1 unspecified atom stereocenters. The molecule has 1 atom stereocenters. The molecule has 2 amide bonds. The van der Waals surface area contributed by atoms with Gasteiger partial charge in [-0.3, -0.25) is 9.59 Å². The van der Waals surface area contributed by atoms with Crippen LogP contribution in [0.15, 0.2) is 12.2 Å². The zero-order valence-corrected chi connectivity index (χ0v) is 11.0. The highest BCUT2D eigenvalue weighted by atomic mass is 16.2. The summed E-state index contributed by atoms with van der Waals surface area (Å²) in [6, 6.07) is 0. The second kappa shape index (κ2) is 5.84. The van der Waals surface area contributed by atoms with E-state index in [9.17, 15) is 9.59 Å². The molecule has 0 aromatic carbocycles. The van der Waals surface area contributed by atoms with Gasteiger partial charge in [0.15, 0.2) is 0 Å². The van der Waals surface area contributed by atoms with Crippen molar-refractivity contribution in [1.29, 1.82) is 0 Å². The SMILES string of the molecule is C=C(C(=O)N(CC)CC)C1CCN(CC)C1=O. The van der Waals surface area contributed by atoms with Gasteiger partial charge in [0, 0.05) is 31.8 Å². The zero-order chi connectivity index (χ0) is 13.0. The fourth-order valence-electron chi connectivity index (χ4n) is 2.24. The Labute approximate surface area is 103 Å². The molecule has 1 rings (SSSR count). The van der Waals surface area contributed by atoms with Crippen LogP contribution in [0.3, 0.4) is 0 Å². The van der Waals surface area contributed by atoms with Crippen molar-refractivity contribution in [3.63, 3.8) is 0 Å². The van der Waals surface area contributed by atoms with E-state index < -0.39 is 0 Å². The van der Waals surface area contributed by atoms with Crippen molar-refractivity contribution in [2.75, 3.05) is 26.2 Å². The van der Waals surface area contributed by atoms with Gasteiger partial charge in [0.05, 0.1) is 5.92 Å². The lowest BCUT2D eigenvalue weighted by atomic mass is 9.98.